The van der Waals surface area contributed by atoms with Gasteiger partial charge in [-0.1, -0.05) is 115 Å². The summed E-state index contributed by atoms with van der Waals surface area (Å²) in [6.07, 6.45) is 15.5. The van der Waals surface area contributed by atoms with E-state index in [2.05, 4.69) is 197 Å². The Bertz CT molecular complexity index is 3580. The summed E-state index contributed by atoms with van der Waals surface area (Å²) in [5.41, 5.74) is 14.8. The Hall–Kier alpha value is -7.76. The van der Waals surface area contributed by atoms with Crippen LogP contribution in [-0.4, -0.2) is 25.2 Å². The van der Waals surface area contributed by atoms with Crippen molar-refractivity contribution < 1.29 is 4.74 Å². The Morgan fingerprint density at radius 2 is 1.18 bits per heavy atom. The molecule has 4 heterocycles. The van der Waals surface area contributed by atoms with E-state index in [4.69, 9.17) is 14.7 Å². The number of allylic oxidation sites excluding steroid dienone is 6. The van der Waals surface area contributed by atoms with Gasteiger partial charge in [-0.05, 0) is 103 Å². The van der Waals surface area contributed by atoms with Gasteiger partial charge in [-0.3, -0.25) is 0 Å². The normalized spacial score (nSPS) is 16.9. The summed E-state index contributed by atoms with van der Waals surface area (Å²) < 4.78 is 11.4. The molecular formula is C56H38N4O. The van der Waals surface area contributed by atoms with Crippen molar-refractivity contribution >= 4 is 65.8 Å². The van der Waals surface area contributed by atoms with Gasteiger partial charge in [-0.15, -0.1) is 0 Å². The lowest BCUT2D eigenvalue weighted by Gasteiger charge is -2.25. The standard InChI is InChI=1S/C56H38N4O/c1-2-13-38(14-3-1)59-49-22-9-5-15-40(49)46-33-36(27-31-51(46)59)37-28-32-52-47(34-37)41-16-6-10-23-50(41)60(52)39-29-25-35(26-30-39)56-57-48-21-8-4-18-44(48)54(58-56)45-20-12-19-43-42-17-7-11-24-53(42)61-55(43)45/h2,4-34,45,55H,1,3H2. The van der Waals surface area contributed by atoms with Crippen molar-refractivity contribution in [1.29, 1.82) is 0 Å². The predicted molar refractivity (Wildman–Crippen MR) is 251 cm³/mol. The molecule has 2 aliphatic carbocycles. The topological polar surface area (TPSA) is 44.9 Å². The highest BCUT2D eigenvalue weighted by atomic mass is 16.5. The van der Waals surface area contributed by atoms with Crippen molar-refractivity contribution in [3.63, 3.8) is 0 Å². The van der Waals surface area contributed by atoms with Gasteiger partial charge >= 0.3 is 0 Å². The molecule has 5 heteroatoms. The molecule has 13 rings (SSSR count). The molecule has 3 aromatic heterocycles. The van der Waals surface area contributed by atoms with Crippen LogP contribution >= 0.6 is 0 Å². The van der Waals surface area contributed by atoms with Crippen LogP contribution in [0.5, 0.6) is 5.75 Å². The van der Waals surface area contributed by atoms with Crippen molar-refractivity contribution in [1.82, 2.24) is 19.1 Å². The molecule has 0 N–H and O–H groups in total. The van der Waals surface area contributed by atoms with Crippen LogP contribution in [0.2, 0.25) is 0 Å². The summed E-state index contributed by atoms with van der Waals surface area (Å²) in [5.74, 6) is 1.58. The molecule has 0 fully saturated rings. The first-order valence-electron chi connectivity index (χ1n) is 21.2. The second-order valence-electron chi connectivity index (χ2n) is 16.3. The average molecular weight is 783 g/mol. The lowest BCUT2D eigenvalue weighted by molar-refractivity contribution is 0.257. The highest BCUT2D eigenvalue weighted by molar-refractivity contribution is 6.13. The van der Waals surface area contributed by atoms with Crippen LogP contribution < -0.4 is 4.74 Å². The Kier molecular flexibility index (Phi) is 7.49. The van der Waals surface area contributed by atoms with Gasteiger partial charge in [0, 0.05) is 55.0 Å². The van der Waals surface area contributed by atoms with Gasteiger partial charge in [0.2, 0.25) is 0 Å². The summed E-state index contributed by atoms with van der Waals surface area (Å²) >= 11 is 0. The fourth-order valence-electron chi connectivity index (χ4n) is 10.1. The number of aromatic nitrogens is 4. The first kappa shape index (κ1) is 34.1. The highest BCUT2D eigenvalue weighted by Gasteiger charge is 2.37. The van der Waals surface area contributed by atoms with Gasteiger partial charge in [0.1, 0.15) is 11.9 Å². The highest BCUT2D eigenvalue weighted by Crippen LogP contribution is 2.46. The molecule has 0 radical (unpaired) electrons. The van der Waals surface area contributed by atoms with E-state index >= 15 is 0 Å². The molecular weight excluding hydrogens is 745 g/mol. The van der Waals surface area contributed by atoms with Crippen LogP contribution in [0.3, 0.4) is 0 Å². The zero-order chi connectivity index (χ0) is 40.0. The number of fused-ring (bicyclic) bond motifs is 10. The minimum absolute atomic E-state index is 0.0558. The maximum Gasteiger partial charge on any atom is 0.160 e. The van der Waals surface area contributed by atoms with E-state index in [1.54, 1.807) is 0 Å². The Morgan fingerprint density at radius 3 is 1.93 bits per heavy atom. The zero-order valence-corrected chi connectivity index (χ0v) is 33.2. The predicted octanol–water partition coefficient (Wildman–Crippen LogP) is 13.9. The third kappa shape index (κ3) is 5.27. The van der Waals surface area contributed by atoms with E-state index in [-0.39, 0.29) is 12.0 Å². The van der Waals surface area contributed by atoms with Gasteiger partial charge in [-0.25, -0.2) is 9.97 Å². The lowest BCUT2D eigenvalue weighted by atomic mass is 9.85. The van der Waals surface area contributed by atoms with Gasteiger partial charge in [-0.2, -0.15) is 0 Å². The summed E-state index contributed by atoms with van der Waals surface area (Å²) in [5, 5.41) is 6.04. The molecule has 2 unspecified atom stereocenters. The molecule has 1 aliphatic heterocycles. The second-order valence-corrected chi connectivity index (χ2v) is 16.3. The SMILES string of the molecule is C1=CC(c2nc(-c3ccc(-n4c5ccccc5c5cc(-c6ccc7c(c6)c6ccccc6n7C6=CCCC=C6)ccc54)cc3)nc3ccccc23)C2Oc3ccccc3C2=C1. The third-order valence-corrected chi connectivity index (χ3v) is 12.9. The fraction of sp³-hybridized carbons (Fsp3) is 0.0714. The van der Waals surface area contributed by atoms with Crippen LogP contribution in [0, 0.1) is 0 Å². The molecule has 5 nitrogen and oxygen atoms in total. The minimum Gasteiger partial charge on any atom is -0.484 e. The van der Waals surface area contributed by atoms with E-state index in [1.165, 1.54) is 66.0 Å². The number of nitrogens with zero attached hydrogens (tertiary/aromatic N) is 4. The number of ether oxygens (including phenoxy) is 1. The molecule has 0 saturated carbocycles. The van der Waals surface area contributed by atoms with Crippen molar-refractivity contribution in [2.24, 2.45) is 0 Å². The molecule has 10 aromatic rings. The van der Waals surface area contributed by atoms with Crippen molar-refractivity contribution in [3.8, 4) is 34.0 Å². The molecule has 0 spiro atoms. The second kappa shape index (κ2) is 13.4. The summed E-state index contributed by atoms with van der Waals surface area (Å²) in [6.45, 7) is 0. The van der Waals surface area contributed by atoms with Gasteiger partial charge in [0.05, 0.1) is 39.2 Å². The maximum absolute atomic E-state index is 6.60. The molecule has 7 aromatic carbocycles. The van der Waals surface area contributed by atoms with Gasteiger partial charge < -0.3 is 13.9 Å². The number of hydrogen-bond acceptors (Lipinski definition) is 3. The van der Waals surface area contributed by atoms with Crippen LogP contribution in [-0.2, 0) is 0 Å². The van der Waals surface area contributed by atoms with Gasteiger partial charge in [0.25, 0.3) is 0 Å². The van der Waals surface area contributed by atoms with E-state index in [9.17, 15) is 0 Å². The summed E-state index contributed by atoms with van der Waals surface area (Å²) in [7, 11) is 0. The minimum atomic E-state index is -0.140. The van der Waals surface area contributed by atoms with Crippen molar-refractivity contribution in [2.75, 3.05) is 0 Å². The molecule has 288 valence electrons. The Labute approximate surface area is 352 Å². The fourth-order valence-corrected chi connectivity index (χ4v) is 10.1. The molecule has 61 heavy (non-hydrogen) atoms. The third-order valence-electron chi connectivity index (χ3n) is 12.9. The Morgan fingerprint density at radius 1 is 0.541 bits per heavy atom. The molecule has 0 amide bonds. The first-order chi connectivity index (χ1) is 30.2. The smallest absolute Gasteiger partial charge is 0.160 e. The Balaban J connectivity index is 0.885. The molecule has 0 saturated heterocycles. The van der Waals surface area contributed by atoms with Crippen LogP contribution in [0.4, 0.5) is 0 Å². The van der Waals surface area contributed by atoms with Crippen LogP contribution in [0.15, 0.2) is 194 Å². The average Bonchev–Trinajstić information content (AvgIpc) is 3.99. The summed E-state index contributed by atoms with van der Waals surface area (Å²) in [4.78, 5) is 10.4. The van der Waals surface area contributed by atoms with E-state index in [0.29, 0.717) is 5.82 Å². The largest absolute Gasteiger partial charge is 0.484 e. The van der Waals surface area contributed by atoms with E-state index in [0.717, 1.165) is 52.0 Å². The van der Waals surface area contributed by atoms with Gasteiger partial charge in [0.15, 0.2) is 5.82 Å². The van der Waals surface area contributed by atoms with Crippen LogP contribution in [0.25, 0.3) is 94.0 Å². The maximum atomic E-state index is 6.60. The van der Waals surface area contributed by atoms with Crippen LogP contribution in [0.1, 0.15) is 30.0 Å². The molecule has 3 aliphatic rings. The first-order valence-corrected chi connectivity index (χ1v) is 21.2. The molecule has 0 bridgehead atoms. The number of hydrogen-bond donors (Lipinski definition) is 0. The number of benzene rings is 7. The van der Waals surface area contributed by atoms with Crippen molar-refractivity contribution in [2.45, 2.75) is 24.9 Å². The van der Waals surface area contributed by atoms with Crippen molar-refractivity contribution in [3.05, 3.63) is 205 Å². The number of rotatable bonds is 5. The lowest BCUT2D eigenvalue weighted by Crippen LogP contribution is -2.24. The monoisotopic (exact) mass is 782 g/mol. The zero-order valence-electron chi connectivity index (χ0n) is 33.2. The quantitative estimate of drug-likeness (QED) is 0.175. The summed E-state index contributed by atoms with van der Waals surface area (Å²) in [6, 6.07) is 56.8. The van der Waals surface area contributed by atoms with E-state index in [1.807, 2.05) is 6.07 Å². The number of para-hydroxylation sites is 4. The van der Waals surface area contributed by atoms with E-state index < -0.39 is 0 Å². The molecule has 2 atom stereocenters.